The first-order valence-corrected chi connectivity index (χ1v) is 8.88. The van der Waals surface area contributed by atoms with E-state index in [1.807, 2.05) is 6.08 Å². The number of aliphatic hydroxyl groups is 2. The van der Waals surface area contributed by atoms with Gasteiger partial charge in [-0.15, -0.1) is 13.2 Å². The molecule has 2 fully saturated rings. The quantitative estimate of drug-likeness (QED) is 0.507. The van der Waals surface area contributed by atoms with Crippen molar-refractivity contribution >= 4 is 0 Å². The second-order valence-electron chi connectivity index (χ2n) is 8.31. The lowest BCUT2D eigenvalue weighted by atomic mass is 9.60. The average molecular weight is 306 g/mol. The second-order valence-corrected chi connectivity index (χ2v) is 8.31. The van der Waals surface area contributed by atoms with E-state index in [1.54, 1.807) is 6.08 Å². The summed E-state index contributed by atoms with van der Waals surface area (Å²) in [5.74, 6) is 0.154. The van der Waals surface area contributed by atoms with Crippen LogP contribution in [-0.4, -0.2) is 21.4 Å². The third-order valence-electron chi connectivity index (χ3n) is 7.33. The molecule has 126 valence electrons. The Bertz CT molecular complexity index is 441. The minimum absolute atomic E-state index is 0.0410. The molecule has 0 amide bonds. The molecule has 0 aromatic carbocycles. The van der Waals surface area contributed by atoms with Gasteiger partial charge < -0.3 is 10.2 Å². The van der Waals surface area contributed by atoms with E-state index in [0.29, 0.717) is 12.8 Å². The highest BCUT2D eigenvalue weighted by molar-refractivity contribution is 5.29. The van der Waals surface area contributed by atoms with E-state index < -0.39 is 11.2 Å². The first-order chi connectivity index (χ1) is 10.2. The Balaban J connectivity index is 2.25. The van der Waals surface area contributed by atoms with Gasteiger partial charge in [0.15, 0.2) is 0 Å². The van der Waals surface area contributed by atoms with Crippen molar-refractivity contribution in [3.63, 3.8) is 0 Å². The zero-order valence-electron chi connectivity index (χ0n) is 14.7. The molecule has 2 N–H and O–H groups in total. The lowest BCUT2D eigenvalue weighted by Gasteiger charge is -2.51. The van der Waals surface area contributed by atoms with E-state index in [0.717, 1.165) is 38.5 Å². The van der Waals surface area contributed by atoms with Crippen molar-refractivity contribution in [1.82, 2.24) is 0 Å². The van der Waals surface area contributed by atoms with Gasteiger partial charge >= 0.3 is 0 Å². The van der Waals surface area contributed by atoms with E-state index >= 15 is 0 Å². The van der Waals surface area contributed by atoms with Gasteiger partial charge in [0.05, 0.1) is 5.60 Å². The van der Waals surface area contributed by atoms with Crippen LogP contribution in [-0.2, 0) is 0 Å². The van der Waals surface area contributed by atoms with E-state index in [1.165, 1.54) is 0 Å². The Labute approximate surface area is 136 Å². The van der Waals surface area contributed by atoms with Crippen LogP contribution in [0.25, 0.3) is 0 Å². The highest BCUT2D eigenvalue weighted by atomic mass is 16.4. The van der Waals surface area contributed by atoms with Crippen LogP contribution in [0.5, 0.6) is 0 Å². The Morgan fingerprint density at radius 1 is 1.05 bits per heavy atom. The standard InChI is InChI=1S/C20H34O2/c1-6-8-9-10-11-14-20(22)18(5)15-12-16(17(18,3)4)19(20,21)13-7-2/h6-7,16,21-22H,1-2,8-15H2,3-5H3/t16-,18-,19-,20-/m0/s1. The molecule has 0 radical (unpaired) electrons. The van der Waals surface area contributed by atoms with Gasteiger partial charge in [-0.05, 0) is 49.9 Å². The van der Waals surface area contributed by atoms with Crippen LogP contribution in [0.4, 0.5) is 0 Å². The maximum absolute atomic E-state index is 11.7. The van der Waals surface area contributed by atoms with Crippen LogP contribution in [0, 0.1) is 16.7 Å². The van der Waals surface area contributed by atoms with Crippen molar-refractivity contribution in [2.75, 3.05) is 0 Å². The molecule has 0 aromatic heterocycles. The zero-order valence-corrected chi connectivity index (χ0v) is 14.7. The topological polar surface area (TPSA) is 40.5 Å². The lowest BCUT2D eigenvalue weighted by Crippen LogP contribution is -2.61. The Hall–Kier alpha value is -0.600. The van der Waals surface area contributed by atoms with Gasteiger partial charge in [-0.2, -0.15) is 0 Å². The minimum Gasteiger partial charge on any atom is -0.386 e. The molecule has 2 aliphatic rings. The summed E-state index contributed by atoms with van der Waals surface area (Å²) in [5, 5.41) is 23.1. The molecule has 2 heteroatoms. The summed E-state index contributed by atoms with van der Waals surface area (Å²) < 4.78 is 0. The molecule has 2 aliphatic carbocycles. The van der Waals surface area contributed by atoms with Crippen LogP contribution in [0.1, 0.15) is 72.1 Å². The summed E-state index contributed by atoms with van der Waals surface area (Å²) in [6, 6.07) is 0. The van der Waals surface area contributed by atoms with Gasteiger partial charge in [0.2, 0.25) is 0 Å². The Kier molecular flexibility index (Phi) is 4.68. The molecule has 0 aliphatic heterocycles. The van der Waals surface area contributed by atoms with Gasteiger partial charge in [-0.3, -0.25) is 0 Å². The normalized spacial score (nSPS) is 42.5. The van der Waals surface area contributed by atoms with Gasteiger partial charge in [0.25, 0.3) is 0 Å². The van der Waals surface area contributed by atoms with Crippen LogP contribution < -0.4 is 0 Å². The summed E-state index contributed by atoms with van der Waals surface area (Å²) in [5.41, 5.74) is -2.29. The third-order valence-corrected chi connectivity index (χ3v) is 7.33. The van der Waals surface area contributed by atoms with Crippen LogP contribution >= 0.6 is 0 Å². The summed E-state index contributed by atoms with van der Waals surface area (Å²) in [6.45, 7) is 14.2. The predicted octanol–water partition coefficient (Wildman–Crippen LogP) is 4.62. The van der Waals surface area contributed by atoms with Crippen molar-refractivity contribution in [3.05, 3.63) is 25.3 Å². The molecule has 0 spiro atoms. The predicted molar refractivity (Wildman–Crippen MR) is 92.6 cm³/mol. The molecule has 2 rings (SSSR count). The first kappa shape index (κ1) is 17.7. The average Bonchev–Trinajstić information content (AvgIpc) is 2.73. The smallest absolute Gasteiger partial charge is 0.101 e. The molecular weight excluding hydrogens is 272 g/mol. The van der Waals surface area contributed by atoms with Gasteiger partial charge in [0.1, 0.15) is 5.60 Å². The maximum Gasteiger partial charge on any atom is 0.101 e. The molecule has 0 heterocycles. The van der Waals surface area contributed by atoms with Crippen LogP contribution in [0.3, 0.4) is 0 Å². The molecule has 22 heavy (non-hydrogen) atoms. The van der Waals surface area contributed by atoms with Gasteiger partial charge in [-0.1, -0.05) is 45.8 Å². The zero-order chi connectivity index (χ0) is 16.6. The Morgan fingerprint density at radius 3 is 2.32 bits per heavy atom. The summed E-state index contributed by atoms with van der Waals surface area (Å²) in [7, 11) is 0. The minimum atomic E-state index is -1.02. The maximum atomic E-state index is 11.7. The highest BCUT2D eigenvalue weighted by Crippen LogP contribution is 2.74. The fourth-order valence-corrected chi connectivity index (χ4v) is 5.71. The SMILES string of the molecule is C=CCCCCC[C@]1(O)[C@@]2(C)CC[C@@H](C2(C)C)[C@@]1(O)CC=C. The van der Waals surface area contributed by atoms with Crippen molar-refractivity contribution in [3.8, 4) is 0 Å². The first-order valence-electron chi connectivity index (χ1n) is 8.88. The molecule has 0 saturated heterocycles. The monoisotopic (exact) mass is 306 g/mol. The van der Waals surface area contributed by atoms with Crippen LogP contribution in [0.15, 0.2) is 25.3 Å². The third kappa shape index (κ3) is 2.06. The van der Waals surface area contributed by atoms with Gasteiger partial charge in [0, 0.05) is 5.41 Å². The number of allylic oxidation sites excluding steroid dienone is 1. The number of rotatable bonds is 8. The van der Waals surface area contributed by atoms with Crippen LogP contribution in [0.2, 0.25) is 0 Å². The Morgan fingerprint density at radius 2 is 1.73 bits per heavy atom. The second kappa shape index (κ2) is 5.79. The summed E-state index contributed by atoms with van der Waals surface area (Å²) in [4.78, 5) is 0. The molecule has 0 unspecified atom stereocenters. The van der Waals surface area contributed by atoms with E-state index in [9.17, 15) is 10.2 Å². The van der Waals surface area contributed by atoms with Crippen molar-refractivity contribution in [2.24, 2.45) is 16.7 Å². The molecule has 0 aromatic rings. The molecule has 2 saturated carbocycles. The van der Waals surface area contributed by atoms with Gasteiger partial charge in [-0.25, -0.2) is 0 Å². The van der Waals surface area contributed by atoms with Crippen molar-refractivity contribution in [1.29, 1.82) is 0 Å². The number of fused-ring (bicyclic) bond motifs is 2. The number of unbranched alkanes of at least 4 members (excludes halogenated alkanes) is 3. The number of hydrogen-bond donors (Lipinski definition) is 2. The summed E-state index contributed by atoms with van der Waals surface area (Å²) >= 11 is 0. The molecule has 2 nitrogen and oxygen atoms in total. The largest absolute Gasteiger partial charge is 0.386 e. The number of hydrogen-bond acceptors (Lipinski definition) is 2. The van der Waals surface area contributed by atoms with E-state index in [-0.39, 0.29) is 16.7 Å². The molecular formula is C20H34O2. The lowest BCUT2D eigenvalue weighted by molar-refractivity contribution is -0.209. The fraction of sp³-hybridized carbons (Fsp3) is 0.800. The molecule has 2 bridgehead atoms. The van der Waals surface area contributed by atoms with E-state index in [4.69, 9.17) is 0 Å². The molecule has 4 atom stereocenters. The fourth-order valence-electron chi connectivity index (χ4n) is 5.71. The van der Waals surface area contributed by atoms with Crippen molar-refractivity contribution < 1.29 is 10.2 Å². The summed E-state index contributed by atoms with van der Waals surface area (Å²) in [6.07, 6.45) is 11.1. The van der Waals surface area contributed by atoms with Crippen molar-refractivity contribution in [2.45, 2.75) is 83.3 Å². The van der Waals surface area contributed by atoms with E-state index in [2.05, 4.69) is 33.9 Å². The highest BCUT2D eigenvalue weighted by Gasteiger charge is 2.78.